The molecule has 1 aliphatic rings. The summed E-state index contributed by atoms with van der Waals surface area (Å²) in [6.07, 6.45) is 0. The van der Waals surface area contributed by atoms with Crippen molar-refractivity contribution in [3.63, 3.8) is 0 Å². The molecule has 0 spiro atoms. The van der Waals surface area contributed by atoms with Gasteiger partial charge in [-0.05, 0) is 24.3 Å². The first-order valence-corrected chi connectivity index (χ1v) is 8.02. The molecule has 24 heavy (non-hydrogen) atoms. The molecule has 1 saturated heterocycles. The lowest BCUT2D eigenvalue weighted by molar-refractivity contribution is -0.118. The molecule has 1 amide bonds. The number of carbonyl (C=O) groups excluding carboxylic acids is 2. The molecule has 0 radical (unpaired) electrons. The third-order valence-corrected chi connectivity index (χ3v) is 3.94. The van der Waals surface area contributed by atoms with E-state index in [2.05, 4.69) is 10.2 Å². The van der Waals surface area contributed by atoms with Gasteiger partial charge in [-0.15, -0.1) is 0 Å². The Morgan fingerprint density at radius 2 is 1.54 bits per heavy atom. The number of hydrogen-bond acceptors (Lipinski definition) is 4. The summed E-state index contributed by atoms with van der Waals surface area (Å²) in [6, 6.07) is 16.1. The van der Waals surface area contributed by atoms with Gasteiger partial charge in [0.25, 0.3) is 0 Å². The summed E-state index contributed by atoms with van der Waals surface area (Å²) in [4.78, 5) is 26.5. The maximum Gasteiger partial charge on any atom is 0.238 e. The number of benzene rings is 2. The zero-order valence-electron chi connectivity index (χ0n) is 13.4. The number of carbonyl (C=O) groups is 2. The number of hydrogen-bond donors (Lipinski definition) is 1. The SMILES string of the molecule is O=C(CN1CCOCC1)Nc1ccc(C(=O)c2ccccc2)cc1. The largest absolute Gasteiger partial charge is 0.379 e. The Bertz CT molecular complexity index is 692. The predicted molar refractivity (Wildman–Crippen MR) is 92.2 cm³/mol. The minimum Gasteiger partial charge on any atom is -0.379 e. The first-order valence-electron chi connectivity index (χ1n) is 8.02. The number of rotatable bonds is 5. The number of ether oxygens (including phenoxy) is 1. The highest BCUT2D eigenvalue weighted by Gasteiger charge is 2.14. The van der Waals surface area contributed by atoms with Gasteiger partial charge in [0.1, 0.15) is 0 Å². The zero-order chi connectivity index (χ0) is 16.8. The molecule has 0 aliphatic carbocycles. The molecule has 5 heteroatoms. The second kappa shape index (κ2) is 7.86. The maximum absolute atomic E-state index is 12.3. The van der Waals surface area contributed by atoms with Crippen LogP contribution in [-0.2, 0) is 9.53 Å². The van der Waals surface area contributed by atoms with Crippen LogP contribution in [0.25, 0.3) is 0 Å². The number of anilines is 1. The number of morpholine rings is 1. The molecule has 0 aromatic heterocycles. The highest BCUT2D eigenvalue weighted by molar-refractivity contribution is 6.09. The molecule has 1 aliphatic heterocycles. The van der Waals surface area contributed by atoms with Crippen LogP contribution in [-0.4, -0.2) is 49.4 Å². The number of amides is 1. The van der Waals surface area contributed by atoms with E-state index in [1.54, 1.807) is 36.4 Å². The van der Waals surface area contributed by atoms with E-state index in [1.807, 2.05) is 18.2 Å². The van der Waals surface area contributed by atoms with E-state index in [9.17, 15) is 9.59 Å². The Morgan fingerprint density at radius 1 is 0.917 bits per heavy atom. The van der Waals surface area contributed by atoms with E-state index >= 15 is 0 Å². The van der Waals surface area contributed by atoms with Crippen molar-refractivity contribution in [3.8, 4) is 0 Å². The van der Waals surface area contributed by atoms with Gasteiger partial charge >= 0.3 is 0 Å². The molecule has 1 heterocycles. The summed E-state index contributed by atoms with van der Waals surface area (Å²) < 4.78 is 5.27. The van der Waals surface area contributed by atoms with Crippen LogP contribution in [0.1, 0.15) is 15.9 Å². The van der Waals surface area contributed by atoms with Crippen molar-refractivity contribution >= 4 is 17.4 Å². The third-order valence-electron chi connectivity index (χ3n) is 3.94. The van der Waals surface area contributed by atoms with Gasteiger partial charge in [0.15, 0.2) is 5.78 Å². The van der Waals surface area contributed by atoms with Crippen LogP contribution < -0.4 is 5.32 Å². The van der Waals surface area contributed by atoms with Gasteiger partial charge in [-0.25, -0.2) is 0 Å². The monoisotopic (exact) mass is 324 g/mol. The van der Waals surface area contributed by atoms with Crippen LogP contribution in [0.15, 0.2) is 54.6 Å². The molecule has 0 unspecified atom stereocenters. The average molecular weight is 324 g/mol. The predicted octanol–water partition coefficient (Wildman–Crippen LogP) is 2.19. The van der Waals surface area contributed by atoms with E-state index in [0.717, 1.165) is 13.1 Å². The second-order valence-corrected chi connectivity index (χ2v) is 5.71. The van der Waals surface area contributed by atoms with E-state index in [1.165, 1.54) is 0 Å². The van der Waals surface area contributed by atoms with Crippen LogP contribution in [0, 0.1) is 0 Å². The normalized spacial score (nSPS) is 15.0. The smallest absolute Gasteiger partial charge is 0.238 e. The molecular formula is C19H20N2O3. The molecule has 1 N–H and O–H groups in total. The van der Waals surface area contributed by atoms with Crippen molar-refractivity contribution in [1.82, 2.24) is 4.90 Å². The first-order chi connectivity index (χ1) is 11.7. The first kappa shape index (κ1) is 16.4. The summed E-state index contributed by atoms with van der Waals surface area (Å²) in [5, 5.41) is 2.86. The van der Waals surface area contributed by atoms with E-state index in [0.29, 0.717) is 36.6 Å². The Kier molecular flexibility index (Phi) is 5.36. The Hall–Kier alpha value is -2.50. The van der Waals surface area contributed by atoms with Crippen molar-refractivity contribution < 1.29 is 14.3 Å². The van der Waals surface area contributed by atoms with Crippen molar-refractivity contribution in [2.24, 2.45) is 0 Å². The van der Waals surface area contributed by atoms with Crippen LogP contribution >= 0.6 is 0 Å². The lowest BCUT2D eigenvalue weighted by Crippen LogP contribution is -2.41. The van der Waals surface area contributed by atoms with Crippen LogP contribution in [0.4, 0.5) is 5.69 Å². The number of ketones is 1. The van der Waals surface area contributed by atoms with Gasteiger partial charge < -0.3 is 10.1 Å². The molecule has 2 aromatic carbocycles. The average Bonchev–Trinajstić information content (AvgIpc) is 2.63. The van der Waals surface area contributed by atoms with Crippen molar-refractivity contribution in [2.75, 3.05) is 38.2 Å². The molecule has 124 valence electrons. The summed E-state index contributed by atoms with van der Waals surface area (Å²) in [5.74, 6) is -0.0826. The summed E-state index contributed by atoms with van der Waals surface area (Å²) >= 11 is 0. The lowest BCUT2D eigenvalue weighted by atomic mass is 10.0. The highest BCUT2D eigenvalue weighted by atomic mass is 16.5. The summed E-state index contributed by atoms with van der Waals surface area (Å²) in [5.41, 5.74) is 1.95. The molecule has 0 bridgehead atoms. The fourth-order valence-electron chi connectivity index (χ4n) is 2.62. The van der Waals surface area contributed by atoms with E-state index < -0.39 is 0 Å². The molecule has 5 nitrogen and oxygen atoms in total. The quantitative estimate of drug-likeness (QED) is 0.857. The minimum atomic E-state index is -0.0564. The van der Waals surface area contributed by atoms with Gasteiger partial charge in [0.2, 0.25) is 5.91 Å². The highest BCUT2D eigenvalue weighted by Crippen LogP contribution is 2.14. The standard InChI is InChI=1S/C19H20N2O3/c22-18(14-21-10-12-24-13-11-21)20-17-8-6-16(7-9-17)19(23)15-4-2-1-3-5-15/h1-9H,10-14H2,(H,20,22). The topological polar surface area (TPSA) is 58.6 Å². The summed E-state index contributed by atoms with van der Waals surface area (Å²) in [7, 11) is 0. The zero-order valence-corrected chi connectivity index (χ0v) is 13.4. The number of nitrogens with one attached hydrogen (secondary N) is 1. The van der Waals surface area contributed by atoms with Gasteiger partial charge in [-0.3, -0.25) is 14.5 Å². The minimum absolute atomic E-state index is 0.0261. The van der Waals surface area contributed by atoms with Crippen molar-refractivity contribution in [2.45, 2.75) is 0 Å². The fourth-order valence-corrected chi connectivity index (χ4v) is 2.62. The molecular weight excluding hydrogens is 304 g/mol. The molecule has 0 atom stereocenters. The molecule has 3 rings (SSSR count). The maximum atomic E-state index is 12.3. The molecule has 1 fully saturated rings. The Morgan fingerprint density at radius 3 is 2.21 bits per heavy atom. The van der Waals surface area contributed by atoms with Crippen molar-refractivity contribution in [3.05, 3.63) is 65.7 Å². The Balaban J connectivity index is 1.58. The summed E-state index contributed by atoms with van der Waals surface area (Å²) in [6.45, 7) is 3.25. The third kappa shape index (κ3) is 4.28. The second-order valence-electron chi connectivity index (χ2n) is 5.71. The molecule has 2 aromatic rings. The van der Waals surface area contributed by atoms with Crippen LogP contribution in [0.2, 0.25) is 0 Å². The van der Waals surface area contributed by atoms with Gasteiger partial charge in [0, 0.05) is 29.9 Å². The lowest BCUT2D eigenvalue weighted by Gasteiger charge is -2.25. The van der Waals surface area contributed by atoms with Gasteiger partial charge in [0.05, 0.1) is 19.8 Å². The Labute approximate surface area is 141 Å². The molecule has 0 saturated carbocycles. The van der Waals surface area contributed by atoms with Crippen LogP contribution in [0.5, 0.6) is 0 Å². The van der Waals surface area contributed by atoms with E-state index in [-0.39, 0.29) is 11.7 Å². The van der Waals surface area contributed by atoms with E-state index in [4.69, 9.17) is 4.74 Å². The van der Waals surface area contributed by atoms with Crippen molar-refractivity contribution in [1.29, 1.82) is 0 Å². The number of nitrogens with zero attached hydrogens (tertiary/aromatic N) is 1. The van der Waals surface area contributed by atoms with Gasteiger partial charge in [-0.2, -0.15) is 0 Å². The van der Waals surface area contributed by atoms with Gasteiger partial charge in [-0.1, -0.05) is 30.3 Å². The fraction of sp³-hybridized carbons (Fsp3) is 0.263. The van der Waals surface area contributed by atoms with Crippen LogP contribution in [0.3, 0.4) is 0 Å².